The summed E-state index contributed by atoms with van der Waals surface area (Å²) in [5.41, 5.74) is 2.05. The summed E-state index contributed by atoms with van der Waals surface area (Å²) in [5, 5.41) is 27.1. The van der Waals surface area contributed by atoms with Crippen molar-refractivity contribution in [1.29, 1.82) is 0 Å². The number of carbonyl (C=O) groups is 2. The van der Waals surface area contributed by atoms with Crippen LogP contribution in [0.5, 0.6) is 0 Å². The van der Waals surface area contributed by atoms with E-state index in [2.05, 4.69) is 0 Å². The van der Waals surface area contributed by atoms with Gasteiger partial charge in [-0.1, -0.05) is 18.2 Å². The van der Waals surface area contributed by atoms with Crippen LogP contribution in [0.3, 0.4) is 0 Å². The van der Waals surface area contributed by atoms with E-state index in [9.17, 15) is 9.59 Å². The molecule has 1 heterocycles. The van der Waals surface area contributed by atoms with Crippen molar-refractivity contribution in [2.45, 2.75) is 12.6 Å². The van der Waals surface area contributed by atoms with Crippen LogP contribution in [0.25, 0.3) is 5.57 Å². The summed E-state index contributed by atoms with van der Waals surface area (Å²) in [4.78, 5) is 22.9. The van der Waals surface area contributed by atoms with Gasteiger partial charge in [-0.2, -0.15) is 0 Å². The minimum absolute atomic E-state index is 0.0290. The fourth-order valence-corrected chi connectivity index (χ4v) is 2.06. The van der Waals surface area contributed by atoms with Gasteiger partial charge in [-0.3, -0.25) is 4.90 Å². The van der Waals surface area contributed by atoms with Gasteiger partial charge < -0.3 is 15.3 Å². The van der Waals surface area contributed by atoms with E-state index in [4.69, 9.17) is 15.3 Å². The molecule has 0 bridgehead atoms. The summed E-state index contributed by atoms with van der Waals surface area (Å²) in [7, 11) is 0. The van der Waals surface area contributed by atoms with Gasteiger partial charge in [0.25, 0.3) is 0 Å². The molecule has 2 rings (SSSR count). The van der Waals surface area contributed by atoms with Gasteiger partial charge in [0.1, 0.15) is 0 Å². The Balaban J connectivity index is 2.33. The molecular formula is C13H13NO5. The number of hydrogen-bond acceptors (Lipinski definition) is 3. The predicted octanol–water partition coefficient (Wildman–Crippen LogP) is 1.01. The Hall–Kier alpha value is -2.34. The first kappa shape index (κ1) is 13.1. The smallest absolute Gasteiger partial charge is 0.408 e. The van der Waals surface area contributed by atoms with Gasteiger partial charge in [-0.15, -0.1) is 0 Å². The van der Waals surface area contributed by atoms with Gasteiger partial charge in [-0.25, -0.2) is 9.59 Å². The number of aliphatic carboxylic acids is 1. The Morgan fingerprint density at radius 1 is 1.32 bits per heavy atom. The summed E-state index contributed by atoms with van der Waals surface area (Å²) >= 11 is 0. The molecule has 100 valence electrons. The maximum Gasteiger partial charge on any atom is 0.408 e. The Labute approximate surface area is 109 Å². The largest absolute Gasteiger partial charge is 0.479 e. The van der Waals surface area contributed by atoms with Crippen LogP contribution >= 0.6 is 0 Å². The van der Waals surface area contributed by atoms with Crippen LogP contribution in [0.4, 0.5) is 4.79 Å². The van der Waals surface area contributed by atoms with Crippen LogP contribution in [0, 0.1) is 0 Å². The lowest BCUT2D eigenvalue weighted by molar-refractivity contribution is -0.140. The molecule has 1 atom stereocenters. The number of nitrogens with zero attached hydrogens (tertiary/aromatic N) is 1. The molecule has 0 spiro atoms. The Bertz CT molecular complexity index is 552. The summed E-state index contributed by atoms with van der Waals surface area (Å²) in [6.45, 7) is -0.0900. The summed E-state index contributed by atoms with van der Waals surface area (Å²) in [5.74, 6) is -1.20. The molecule has 1 amide bonds. The number of aliphatic hydroxyl groups excluding tert-OH is 1. The second kappa shape index (κ2) is 5.11. The first-order valence-corrected chi connectivity index (χ1v) is 5.66. The van der Waals surface area contributed by atoms with E-state index in [-0.39, 0.29) is 13.2 Å². The zero-order chi connectivity index (χ0) is 14.0. The molecule has 6 nitrogen and oxygen atoms in total. The lowest BCUT2D eigenvalue weighted by Gasteiger charge is -2.17. The van der Waals surface area contributed by atoms with E-state index in [1.54, 1.807) is 24.3 Å². The zero-order valence-corrected chi connectivity index (χ0v) is 9.98. The van der Waals surface area contributed by atoms with Crippen molar-refractivity contribution in [2.24, 2.45) is 0 Å². The molecule has 1 aliphatic heterocycles. The fourth-order valence-electron chi connectivity index (χ4n) is 2.06. The predicted molar refractivity (Wildman–Crippen MR) is 66.5 cm³/mol. The van der Waals surface area contributed by atoms with E-state index in [0.29, 0.717) is 11.1 Å². The average molecular weight is 263 g/mol. The van der Waals surface area contributed by atoms with Gasteiger partial charge in [0.15, 0.2) is 6.04 Å². The molecule has 1 aromatic carbocycles. The average Bonchev–Trinajstić information content (AvgIpc) is 2.84. The number of carboxylic acid groups (broad SMARTS) is 2. The second-order valence-electron chi connectivity index (χ2n) is 4.24. The maximum atomic E-state index is 11.0. The van der Waals surface area contributed by atoms with Crippen molar-refractivity contribution >= 4 is 17.6 Å². The van der Waals surface area contributed by atoms with Crippen LogP contribution in [-0.2, 0) is 11.4 Å². The van der Waals surface area contributed by atoms with Crippen molar-refractivity contribution in [2.75, 3.05) is 6.54 Å². The first-order valence-electron chi connectivity index (χ1n) is 5.66. The van der Waals surface area contributed by atoms with Crippen LogP contribution < -0.4 is 0 Å². The number of carboxylic acids is 1. The third kappa shape index (κ3) is 2.58. The van der Waals surface area contributed by atoms with Crippen LogP contribution in [0.15, 0.2) is 30.3 Å². The van der Waals surface area contributed by atoms with Gasteiger partial charge in [0, 0.05) is 0 Å². The first-order chi connectivity index (χ1) is 9.02. The van der Waals surface area contributed by atoms with E-state index < -0.39 is 18.1 Å². The van der Waals surface area contributed by atoms with Gasteiger partial charge in [-0.05, 0) is 28.8 Å². The van der Waals surface area contributed by atoms with Crippen molar-refractivity contribution in [3.8, 4) is 0 Å². The summed E-state index contributed by atoms with van der Waals surface area (Å²) < 4.78 is 0. The van der Waals surface area contributed by atoms with E-state index in [1.165, 1.54) is 6.08 Å². The number of rotatable bonds is 3. The molecular weight excluding hydrogens is 250 g/mol. The van der Waals surface area contributed by atoms with Gasteiger partial charge >= 0.3 is 12.1 Å². The Morgan fingerprint density at radius 2 is 2.05 bits per heavy atom. The minimum Gasteiger partial charge on any atom is -0.479 e. The standard InChI is InChI=1S/C13H13NO5/c15-7-8-2-1-3-9(4-8)10-5-11(12(16)17)14(6-10)13(18)19/h1-5,11,15H,6-7H2,(H,16,17)(H,18,19). The summed E-state index contributed by atoms with van der Waals surface area (Å²) in [6, 6.07) is 5.79. The molecule has 0 radical (unpaired) electrons. The number of aliphatic hydroxyl groups is 1. The SMILES string of the molecule is O=C(O)C1C=C(c2cccc(CO)c2)CN1C(=O)O. The molecule has 19 heavy (non-hydrogen) atoms. The maximum absolute atomic E-state index is 11.0. The molecule has 6 heteroatoms. The molecule has 0 saturated carbocycles. The van der Waals surface area contributed by atoms with Crippen LogP contribution in [0.2, 0.25) is 0 Å². The molecule has 1 aromatic rings. The molecule has 0 aromatic heterocycles. The highest BCUT2D eigenvalue weighted by Crippen LogP contribution is 2.26. The van der Waals surface area contributed by atoms with Gasteiger partial charge in [0.05, 0.1) is 13.2 Å². The second-order valence-corrected chi connectivity index (χ2v) is 4.24. The molecule has 0 saturated heterocycles. The number of benzene rings is 1. The Kier molecular flexibility index (Phi) is 3.52. The zero-order valence-electron chi connectivity index (χ0n) is 9.98. The highest BCUT2D eigenvalue weighted by molar-refractivity contribution is 5.88. The van der Waals surface area contributed by atoms with Crippen molar-refractivity contribution in [1.82, 2.24) is 4.90 Å². The highest BCUT2D eigenvalue weighted by atomic mass is 16.4. The molecule has 0 aliphatic carbocycles. The molecule has 3 N–H and O–H groups in total. The lowest BCUT2D eigenvalue weighted by atomic mass is 10.0. The third-order valence-electron chi connectivity index (χ3n) is 3.01. The summed E-state index contributed by atoms with van der Waals surface area (Å²) in [6.07, 6.45) is 0.157. The number of hydrogen-bond donors (Lipinski definition) is 3. The quantitative estimate of drug-likeness (QED) is 0.756. The fraction of sp³-hybridized carbons (Fsp3) is 0.231. The van der Waals surface area contributed by atoms with Crippen molar-refractivity contribution < 1.29 is 24.9 Å². The van der Waals surface area contributed by atoms with E-state index in [1.807, 2.05) is 0 Å². The van der Waals surface area contributed by atoms with Crippen LogP contribution in [0.1, 0.15) is 11.1 Å². The van der Waals surface area contributed by atoms with Crippen LogP contribution in [-0.4, -0.2) is 44.9 Å². The molecule has 1 aliphatic rings. The van der Waals surface area contributed by atoms with E-state index in [0.717, 1.165) is 10.5 Å². The van der Waals surface area contributed by atoms with Gasteiger partial charge in [0.2, 0.25) is 0 Å². The third-order valence-corrected chi connectivity index (χ3v) is 3.01. The highest BCUT2D eigenvalue weighted by Gasteiger charge is 2.34. The lowest BCUT2D eigenvalue weighted by Crippen LogP contribution is -2.40. The Morgan fingerprint density at radius 3 is 2.58 bits per heavy atom. The topological polar surface area (TPSA) is 98.1 Å². The molecule has 1 unspecified atom stereocenters. The van der Waals surface area contributed by atoms with Crippen molar-refractivity contribution in [3.63, 3.8) is 0 Å². The normalized spacial score (nSPS) is 18.3. The van der Waals surface area contributed by atoms with E-state index >= 15 is 0 Å². The number of amides is 1. The molecule has 0 fully saturated rings. The monoisotopic (exact) mass is 263 g/mol. The minimum atomic E-state index is -1.27. The van der Waals surface area contributed by atoms with Crippen molar-refractivity contribution in [3.05, 3.63) is 41.5 Å².